The van der Waals surface area contributed by atoms with Crippen molar-refractivity contribution in [3.8, 4) is 5.75 Å². The third-order valence-electron chi connectivity index (χ3n) is 3.38. The van der Waals surface area contributed by atoms with Gasteiger partial charge in [-0.1, -0.05) is 17.7 Å². The summed E-state index contributed by atoms with van der Waals surface area (Å²) in [5.74, 6) is 1.04. The maximum absolute atomic E-state index is 10.9. The first-order valence-electron chi connectivity index (χ1n) is 6.93. The van der Waals surface area contributed by atoms with Crippen molar-refractivity contribution in [2.45, 2.75) is 33.4 Å². The molecule has 0 radical (unpaired) electrons. The highest BCUT2D eigenvalue weighted by Gasteiger charge is 2.21. The Kier molecular flexibility index (Phi) is 4.77. The lowest BCUT2D eigenvalue weighted by molar-refractivity contribution is -0.392. The van der Waals surface area contributed by atoms with Gasteiger partial charge in [-0.3, -0.25) is 0 Å². The molecule has 0 fully saturated rings. The zero-order valence-electron chi connectivity index (χ0n) is 12.8. The van der Waals surface area contributed by atoms with E-state index >= 15 is 0 Å². The molecule has 0 saturated carbocycles. The number of nitrogens with zero attached hydrogens (tertiary/aromatic N) is 3. The molecular formula is C15H19N3O4. The predicted octanol–water partition coefficient (Wildman–Crippen LogP) is 2.16. The Morgan fingerprint density at radius 1 is 1.41 bits per heavy atom. The Morgan fingerprint density at radius 3 is 2.77 bits per heavy atom. The second kappa shape index (κ2) is 6.57. The number of hydrogen-bond donors (Lipinski definition) is 1. The molecule has 0 spiro atoms. The first-order chi connectivity index (χ1) is 10.4. The Labute approximate surface area is 128 Å². The van der Waals surface area contributed by atoms with Gasteiger partial charge in [0.15, 0.2) is 5.82 Å². The molecule has 0 bridgehead atoms. The lowest BCUT2D eigenvalue weighted by atomic mass is 10.1. The van der Waals surface area contributed by atoms with Crippen molar-refractivity contribution in [2.24, 2.45) is 0 Å². The highest BCUT2D eigenvalue weighted by Crippen LogP contribution is 2.19. The van der Waals surface area contributed by atoms with E-state index in [9.17, 15) is 15.2 Å². The van der Waals surface area contributed by atoms with Crippen LogP contribution in [-0.4, -0.2) is 32.3 Å². The number of aliphatic hydroxyl groups is 1. The van der Waals surface area contributed by atoms with Crippen molar-refractivity contribution in [3.05, 3.63) is 51.5 Å². The van der Waals surface area contributed by atoms with E-state index in [2.05, 4.69) is 4.98 Å². The van der Waals surface area contributed by atoms with Gasteiger partial charge in [-0.05, 0) is 30.4 Å². The molecule has 7 nitrogen and oxygen atoms in total. The minimum atomic E-state index is -0.868. The van der Waals surface area contributed by atoms with Crippen LogP contribution in [-0.2, 0) is 6.54 Å². The molecule has 1 aromatic heterocycles. The lowest BCUT2D eigenvalue weighted by Gasteiger charge is -2.14. The third kappa shape index (κ3) is 3.62. The molecule has 22 heavy (non-hydrogen) atoms. The fourth-order valence-corrected chi connectivity index (χ4v) is 2.24. The van der Waals surface area contributed by atoms with Crippen LogP contribution in [0.1, 0.15) is 17.0 Å². The molecule has 1 aromatic carbocycles. The van der Waals surface area contributed by atoms with Crippen LogP contribution in [0.25, 0.3) is 0 Å². The number of aryl methyl sites for hydroxylation is 3. The van der Waals surface area contributed by atoms with Crippen molar-refractivity contribution in [2.75, 3.05) is 6.61 Å². The standard InChI is InChI=1S/C15H19N3O4/c1-10-4-5-14(11(2)6-10)22-9-13(19)8-17-12(3)16-7-15(17)18(20)21/h4-7,13,19H,8-9H2,1-3H3. The summed E-state index contributed by atoms with van der Waals surface area (Å²) in [5, 5.41) is 21.0. The van der Waals surface area contributed by atoms with Gasteiger partial charge in [-0.2, -0.15) is 0 Å². The van der Waals surface area contributed by atoms with Gasteiger partial charge in [0, 0.05) is 6.92 Å². The molecule has 1 N–H and O–H groups in total. The Bertz CT molecular complexity index is 681. The summed E-state index contributed by atoms with van der Waals surface area (Å²) >= 11 is 0. The van der Waals surface area contributed by atoms with E-state index in [1.165, 1.54) is 10.8 Å². The maximum Gasteiger partial charge on any atom is 0.342 e. The second-order valence-corrected chi connectivity index (χ2v) is 5.27. The minimum Gasteiger partial charge on any atom is -0.490 e. The summed E-state index contributed by atoms with van der Waals surface area (Å²) in [6.45, 7) is 5.70. The minimum absolute atomic E-state index is 0.0542. The number of hydrogen-bond acceptors (Lipinski definition) is 5. The SMILES string of the molecule is Cc1ccc(OCC(O)Cn2c([N+](=O)[O-])cnc2C)c(C)c1. The zero-order valence-corrected chi connectivity index (χ0v) is 12.8. The number of ether oxygens (including phenoxy) is 1. The summed E-state index contributed by atoms with van der Waals surface area (Å²) < 4.78 is 6.96. The fraction of sp³-hybridized carbons (Fsp3) is 0.400. The van der Waals surface area contributed by atoms with E-state index in [-0.39, 0.29) is 19.0 Å². The summed E-state index contributed by atoms with van der Waals surface area (Å²) in [6.07, 6.45) is 0.319. The van der Waals surface area contributed by atoms with Crippen molar-refractivity contribution in [1.82, 2.24) is 9.55 Å². The van der Waals surface area contributed by atoms with Crippen molar-refractivity contribution < 1.29 is 14.8 Å². The van der Waals surface area contributed by atoms with E-state index in [1.807, 2.05) is 32.0 Å². The number of nitro groups is 1. The van der Waals surface area contributed by atoms with E-state index < -0.39 is 11.0 Å². The highest BCUT2D eigenvalue weighted by atomic mass is 16.6. The summed E-state index contributed by atoms with van der Waals surface area (Å²) in [5.41, 5.74) is 2.12. The molecule has 0 aliphatic heterocycles. The largest absolute Gasteiger partial charge is 0.490 e. The Hall–Kier alpha value is -2.41. The average molecular weight is 305 g/mol. The molecule has 0 saturated heterocycles. The van der Waals surface area contributed by atoms with Crippen molar-refractivity contribution in [1.29, 1.82) is 0 Å². The summed E-state index contributed by atoms with van der Waals surface area (Å²) in [7, 11) is 0. The van der Waals surface area contributed by atoms with Crippen LogP contribution in [0.4, 0.5) is 5.82 Å². The van der Waals surface area contributed by atoms with Gasteiger partial charge in [0.2, 0.25) is 0 Å². The van der Waals surface area contributed by atoms with Crippen LogP contribution in [0, 0.1) is 30.9 Å². The van der Waals surface area contributed by atoms with Crippen LogP contribution in [0.2, 0.25) is 0 Å². The lowest BCUT2D eigenvalue weighted by Crippen LogP contribution is -2.25. The van der Waals surface area contributed by atoms with Crippen molar-refractivity contribution >= 4 is 5.82 Å². The van der Waals surface area contributed by atoms with Gasteiger partial charge in [0.1, 0.15) is 31.2 Å². The zero-order chi connectivity index (χ0) is 16.3. The molecular weight excluding hydrogens is 286 g/mol. The summed E-state index contributed by atoms with van der Waals surface area (Å²) in [6, 6.07) is 5.77. The molecule has 0 amide bonds. The van der Waals surface area contributed by atoms with Gasteiger partial charge in [-0.25, -0.2) is 9.55 Å². The molecule has 1 unspecified atom stereocenters. The van der Waals surface area contributed by atoms with Crippen LogP contribution in [0.15, 0.2) is 24.4 Å². The summed E-state index contributed by atoms with van der Waals surface area (Å²) in [4.78, 5) is 14.3. The van der Waals surface area contributed by atoms with E-state index in [0.29, 0.717) is 11.6 Å². The van der Waals surface area contributed by atoms with E-state index in [1.54, 1.807) is 6.92 Å². The highest BCUT2D eigenvalue weighted by molar-refractivity contribution is 5.35. The molecule has 7 heteroatoms. The number of aliphatic hydroxyl groups excluding tert-OH is 1. The van der Waals surface area contributed by atoms with Crippen LogP contribution in [0.3, 0.4) is 0 Å². The number of aromatic nitrogens is 2. The predicted molar refractivity (Wildman–Crippen MR) is 81.0 cm³/mol. The average Bonchev–Trinajstić information content (AvgIpc) is 2.79. The van der Waals surface area contributed by atoms with E-state index in [4.69, 9.17) is 4.74 Å². The normalized spacial score (nSPS) is 12.2. The van der Waals surface area contributed by atoms with Crippen LogP contribution >= 0.6 is 0 Å². The Morgan fingerprint density at radius 2 is 2.14 bits per heavy atom. The first-order valence-corrected chi connectivity index (χ1v) is 6.93. The van der Waals surface area contributed by atoms with Crippen LogP contribution in [0.5, 0.6) is 5.75 Å². The second-order valence-electron chi connectivity index (χ2n) is 5.27. The third-order valence-corrected chi connectivity index (χ3v) is 3.38. The first kappa shape index (κ1) is 16.0. The van der Waals surface area contributed by atoms with Crippen LogP contribution < -0.4 is 4.74 Å². The maximum atomic E-state index is 10.9. The van der Waals surface area contributed by atoms with Gasteiger partial charge >= 0.3 is 5.82 Å². The quantitative estimate of drug-likeness (QED) is 0.652. The van der Waals surface area contributed by atoms with Gasteiger partial charge in [0.25, 0.3) is 0 Å². The van der Waals surface area contributed by atoms with Gasteiger partial charge in [-0.15, -0.1) is 0 Å². The molecule has 118 valence electrons. The molecule has 0 aliphatic carbocycles. The van der Waals surface area contributed by atoms with Crippen molar-refractivity contribution in [3.63, 3.8) is 0 Å². The van der Waals surface area contributed by atoms with E-state index in [0.717, 1.165) is 11.1 Å². The molecule has 1 atom stereocenters. The molecule has 0 aliphatic rings. The number of benzene rings is 1. The smallest absolute Gasteiger partial charge is 0.342 e. The molecule has 1 heterocycles. The topological polar surface area (TPSA) is 90.4 Å². The Balaban J connectivity index is 2.00. The monoisotopic (exact) mass is 305 g/mol. The van der Waals surface area contributed by atoms with Gasteiger partial charge in [0.05, 0.1) is 0 Å². The number of rotatable bonds is 6. The molecule has 2 aromatic rings. The number of imidazole rings is 1. The van der Waals surface area contributed by atoms with Gasteiger partial charge < -0.3 is 20.0 Å². The molecule has 2 rings (SSSR count). The fourth-order valence-electron chi connectivity index (χ4n) is 2.24.